The fraction of sp³-hybridized carbons (Fsp3) is 0.474. The van der Waals surface area contributed by atoms with E-state index in [1.807, 2.05) is 120 Å². The van der Waals surface area contributed by atoms with E-state index in [-0.39, 0.29) is 41.2 Å². The number of nitrogens with one attached hydrogen (secondary N) is 2. The minimum Gasteiger partial charge on any atom is -0.454 e. The Morgan fingerprint density at radius 1 is 0.914 bits per heavy atom. The summed E-state index contributed by atoms with van der Waals surface area (Å²) in [6.45, 7) is 22.1. The standard InChI is InChI=1S/C57H83N3O8SSi/c1-41-25-20-30-47(65-12)29-19-18-27-44(4)54(68-56(62)46(6)28-17-16-24-42(2)38-48(66-13)31-21-26-41)45(5)37-36-43(3)39-58-55(61)51(40-67-70(14,15)57(7,8)9)59-69(63,64)53-35-23-32-49-50(53)33-22-34-52(49)60(10)11/h16,18-19,21-29,32-38,44,47-48,51,54,59H,17,20,30-31,39-40H2,1-15H3,(H,58,61)/b24-16+,26-21+,27-18+,29-19+,41-25-,42-38+,43-36+,45-37+,46-28+/t44-,47+,48-,51-,54-/m0/s1. The van der Waals surface area contributed by atoms with Crippen LogP contribution in [0.4, 0.5) is 5.69 Å². The van der Waals surface area contributed by atoms with Crippen molar-refractivity contribution in [3.05, 3.63) is 143 Å². The van der Waals surface area contributed by atoms with E-state index in [1.54, 1.807) is 39.3 Å². The third-order valence-electron chi connectivity index (χ3n) is 12.8. The van der Waals surface area contributed by atoms with E-state index in [9.17, 15) is 18.0 Å². The molecule has 1 aliphatic rings. The second-order valence-electron chi connectivity index (χ2n) is 20.0. The highest BCUT2D eigenvalue weighted by atomic mass is 32.2. The number of cyclic esters (lactones) is 1. The molecule has 2 N–H and O–H groups in total. The van der Waals surface area contributed by atoms with Crippen molar-refractivity contribution in [2.75, 3.05) is 46.4 Å². The number of methoxy groups -OCH3 is 2. The average Bonchev–Trinajstić information content (AvgIpc) is 3.30. The van der Waals surface area contributed by atoms with Crippen molar-refractivity contribution >= 4 is 46.7 Å². The molecule has 0 unspecified atom stereocenters. The number of hydrogen-bond donors (Lipinski definition) is 2. The molecular formula is C57H83N3O8SSi. The summed E-state index contributed by atoms with van der Waals surface area (Å²) in [7, 11) is 0.649. The molecule has 1 amide bonds. The number of carbonyl (C=O) groups excluding carboxylic acids is 2. The van der Waals surface area contributed by atoms with Gasteiger partial charge in [-0.1, -0.05) is 148 Å². The molecular weight excluding hydrogens is 915 g/mol. The first-order chi connectivity index (χ1) is 32.9. The van der Waals surface area contributed by atoms with Crippen LogP contribution in [0.15, 0.2) is 148 Å². The van der Waals surface area contributed by atoms with Gasteiger partial charge >= 0.3 is 5.97 Å². The number of benzene rings is 2. The monoisotopic (exact) mass is 998 g/mol. The highest BCUT2D eigenvalue weighted by Crippen LogP contribution is 2.37. The Bertz CT molecular complexity index is 2470. The van der Waals surface area contributed by atoms with Crippen molar-refractivity contribution in [3.8, 4) is 0 Å². The lowest BCUT2D eigenvalue weighted by Gasteiger charge is -2.37. The molecule has 0 saturated carbocycles. The van der Waals surface area contributed by atoms with Crippen LogP contribution in [0.1, 0.15) is 88.0 Å². The van der Waals surface area contributed by atoms with Crippen molar-refractivity contribution in [1.29, 1.82) is 0 Å². The molecule has 1 aliphatic heterocycles. The van der Waals surface area contributed by atoms with Crippen LogP contribution in [0.25, 0.3) is 10.8 Å². The predicted molar refractivity (Wildman–Crippen MR) is 293 cm³/mol. The predicted octanol–water partition coefficient (Wildman–Crippen LogP) is 11.8. The van der Waals surface area contributed by atoms with E-state index in [0.29, 0.717) is 17.4 Å². The van der Waals surface area contributed by atoms with Gasteiger partial charge in [0.25, 0.3) is 0 Å². The number of nitrogens with zero attached hydrogens (tertiary/aromatic N) is 1. The topological polar surface area (TPSA) is 132 Å². The van der Waals surface area contributed by atoms with Crippen molar-refractivity contribution in [2.24, 2.45) is 5.92 Å². The van der Waals surface area contributed by atoms with Gasteiger partial charge in [0.2, 0.25) is 15.9 Å². The highest BCUT2D eigenvalue weighted by Gasteiger charge is 2.39. The second-order valence-corrected chi connectivity index (χ2v) is 26.5. The molecule has 11 nitrogen and oxygen atoms in total. The van der Waals surface area contributed by atoms with Crippen LogP contribution in [0.3, 0.4) is 0 Å². The summed E-state index contributed by atoms with van der Waals surface area (Å²) in [4.78, 5) is 29.7. The summed E-state index contributed by atoms with van der Waals surface area (Å²) in [5.74, 6) is -1.14. The molecule has 0 saturated heterocycles. The van der Waals surface area contributed by atoms with Gasteiger partial charge in [0.15, 0.2) is 8.32 Å². The van der Waals surface area contributed by atoms with E-state index in [2.05, 4.69) is 75.1 Å². The minimum absolute atomic E-state index is 0.0622. The Morgan fingerprint density at radius 2 is 1.57 bits per heavy atom. The molecule has 0 aliphatic carbocycles. The zero-order valence-corrected chi connectivity index (χ0v) is 46.5. The van der Waals surface area contributed by atoms with Crippen LogP contribution >= 0.6 is 0 Å². The number of ether oxygens (including phenoxy) is 3. The number of fused-ring (bicyclic) bond motifs is 1. The first kappa shape index (κ1) is 59.4. The average molecular weight is 998 g/mol. The molecule has 384 valence electrons. The molecule has 2 aromatic rings. The van der Waals surface area contributed by atoms with E-state index in [1.165, 1.54) is 5.57 Å². The molecule has 1 heterocycles. The molecule has 13 heteroatoms. The fourth-order valence-corrected chi connectivity index (χ4v) is 9.75. The maximum absolute atomic E-state index is 14.2. The van der Waals surface area contributed by atoms with Gasteiger partial charge in [-0.2, -0.15) is 4.72 Å². The maximum Gasteiger partial charge on any atom is 0.334 e. The molecule has 2 aromatic carbocycles. The SMILES string of the molecule is CO[C@@H]1/C=C(C)/C=C/C/C=C(\C)C(=O)O[C@H](/C(C)=C/C=C(\C)CNC(=O)[C@H](CO[Si](C)(C)C(C)(C)C)NS(=O)(=O)c2cccc3c(N(C)C)cccc23)[C@@H](C)/C=C/C=C/[C@@H](OC)CC/C=C(C)\C=C\C1. The van der Waals surface area contributed by atoms with Crippen LogP contribution in [-0.2, 0) is 38.2 Å². The Kier molecular flexibility index (Phi) is 24.0. The Hall–Kier alpha value is -4.89. The van der Waals surface area contributed by atoms with E-state index in [0.717, 1.165) is 47.1 Å². The Balaban J connectivity index is 1.92. The van der Waals surface area contributed by atoms with Crippen LogP contribution in [0, 0.1) is 5.92 Å². The van der Waals surface area contributed by atoms with E-state index in [4.69, 9.17) is 18.6 Å². The number of hydrogen-bond acceptors (Lipinski definition) is 9. The van der Waals surface area contributed by atoms with Crippen molar-refractivity contribution in [3.63, 3.8) is 0 Å². The van der Waals surface area contributed by atoms with Gasteiger partial charge in [-0.25, -0.2) is 13.2 Å². The zero-order chi connectivity index (χ0) is 52.2. The number of allylic oxidation sites excluding steroid dienone is 11. The van der Waals surface area contributed by atoms with Crippen LogP contribution in [0.2, 0.25) is 18.1 Å². The molecule has 3 rings (SSSR count). The quantitative estimate of drug-likeness (QED) is 0.108. The summed E-state index contributed by atoms with van der Waals surface area (Å²) >= 11 is 0. The molecule has 70 heavy (non-hydrogen) atoms. The molecule has 0 radical (unpaired) electrons. The largest absolute Gasteiger partial charge is 0.454 e. The molecule has 5 atom stereocenters. The summed E-state index contributed by atoms with van der Waals surface area (Å²) in [5.41, 5.74) is 5.22. The summed E-state index contributed by atoms with van der Waals surface area (Å²) < 4.78 is 55.3. The molecule has 0 fully saturated rings. The van der Waals surface area contributed by atoms with E-state index >= 15 is 0 Å². The first-order valence-electron chi connectivity index (χ1n) is 24.3. The van der Waals surface area contributed by atoms with Gasteiger partial charge in [0, 0.05) is 62.8 Å². The molecule has 0 aromatic heterocycles. The zero-order valence-electron chi connectivity index (χ0n) is 44.7. The van der Waals surface area contributed by atoms with Crippen molar-refractivity contribution in [2.45, 2.75) is 135 Å². The lowest BCUT2D eigenvalue weighted by Crippen LogP contribution is -2.52. The lowest BCUT2D eigenvalue weighted by molar-refractivity contribution is -0.143. The third kappa shape index (κ3) is 19.0. The van der Waals surface area contributed by atoms with E-state index < -0.39 is 42.4 Å². The van der Waals surface area contributed by atoms with Gasteiger partial charge in [-0.3, -0.25) is 4.79 Å². The number of amides is 1. The van der Waals surface area contributed by atoms with Gasteiger partial charge < -0.3 is 28.9 Å². The van der Waals surface area contributed by atoms with Crippen molar-refractivity contribution < 1.29 is 36.6 Å². The second kappa shape index (κ2) is 28.2. The minimum atomic E-state index is -4.20. The number of carbonyl (C=O) groups is 2. The lowest BCUT2D eigenvalue weighted by atomic mass is 9.96. The fourth-order valence-electron chi connectivity index (χ4n) is 7.33. The third-order valence-corrected chi connectivity index (χ3v) is 18.9. The highest BCUT2D eigenvalue weighted by molar-refractivity contribution is 7.89. The molecule has 0 spiro atoms. The number of anilines is 1. The maximum atomic E-state index is 14.2. The van der Waals surface area contributed by atoms with Gasteiger partial charge in [-0.15, -0.1) is 0 Å². The number of rotatable bonds is 14. The number of esters is 1. The van der Waals surface area contributed by atoms with Crippen LogP contribution in [-0.4, -0.2) is 94.4 Å². The number of sulfonamides is 1. The summed E-state index contributed by atoms with van der Waals surface area (Å²) in [6, 6.07) is 9.48. The van der Waals surface area contributed by atoms with Crippen LogP contribution in [0.5, 0.6) is 0 Å². The van der Waals surface area contributed by atoms with Gasteiger partial charge in [0.05, 0.1) is 23.7 Å². The Labute approximate surface area is 422 Å². The smallest absolute Gasteiger partial charge is 0.334 e. The van der Waals surface area contributed by atoms with Gasteiger partial charge in [-0.05, 0) is 96.1 Å². The Morgan fingerprint density at radius 3 is 2.24 bits per heavy atom. The first-order valence-corrected chi connectivity index (χ1v) is 28.7. The van der Waals surface area contributed by atoms with Gasteiger partial charge in [0.1, 0.15) is 12.1 Å². The van der Waals surface area contributed by atoms with Crippen molar-refractivity contribution in [1.82, 2.24) is 10.0 Å². The molecule has 0 bridgehead atoms. The summed E-state index contributed by atoms with van der Waals surface area (Å²) in [5, 5.41) is 4.11. The normalized spacial score (nSPS) is 24.8. The van der Waals surface area contributed by atoms with Crippen LogP contribution < -0.4 is 14.9 Å². The summed E-state index contributed by atoms with van der Waals surface area (Å²) in [6.07, 6.45) is 28.5.